The molecule has 0 saturated heterocycles. The van der Waals surface area contributed by atoms with Crippen LogP contribution in [0.5, 0.6) is 0 Å². The second-order valence-corrected chi connectivity index (χ2v) is 2.63. The zero-order chi connectivity index (χ0) is 10.4. The summed E-state index contributed by atoms with van der Waals surface area (Å²) in [5.74, 6) is 2.07. The Morgan fingerprint density at radius 2 is 2.07 bits per heavy atom. The normalized spacial score (nSPS) is 8.79. The van der Waals surface area contributed by atoms with E-state index in [1.807, 2.05) is 0 Å². The van der Waals surface area contributed by atoms with Crippen LogP contribution in [0.2, 0.25) is 0 Å². The monoisotopic (exact) mass is 187 g/mol. The lowest BCUT2D eigenvalue weighted by molar-refractivity contribution is 0.0958. The number of aldehydes is 1. The van der Waals surface area contributed by atoms with Gasteiger partial charge >= 0.3 is 0 Å². The van der Waals surface area contributed by atoms with Crippen molar-refractivity contribution in [2.75, 3.05) is 6.54 Å². The second kappa shape index (κ2) is 4.83. The summed E-state index contributed by atoms with van der Waals surface area (Å²) in [5.41, 5.74) is 1.03. The molecule has 1 amide bonds. The van der Waals surface area contributed by atoms with Gasteiger partial charge in [0.2, 0.25) is 0 Å². The third-order valence-electron chi connectivity index (χ3n) is 1.66. The second-order valence-electron chi connectivity index (χ2n) is 2.63. The topological polar surface area (TPSA) is 46.2 Å². The van der Waals surface area contributed by atoms with Gasteiger partial charge in [-0.15, -0.1) is 6.42 Å². The molecule has 0 atom stereocenters. The molecule has 3 heteroatoms. The van der Waals surface area contributed by atoms with E-state index in [-0.39, 0.29) is 12.5 Å². The maximum absolute atomic E-state index is 11.3. The molecule has 0 aliphatic rings. The summed E-state index contributed by atoms with van der Waals surface area (Å²) in [6.07, 6.45) is 5.71. The average molecular weight is 187 g/mol. The zero-order valence-electron chi connectivity index (χ0n) is 7.49. The summed E-state index contributed by atoms with van der Waals surface area (Å²) in [6.45, 7) is 0.203. The standard InChI is InChI=1S/C11H9NO2/c1-2-7-12-11(14)10-5-3-9(8-13)4-6-10/h1,3-6,8H,7H2,(H,12,14). The molecule has 0 fully saturated rings. The zero-order valence-corrected chi connectivity index (χ0v) is 7.49. The Kier molecular flexibility index (Phi) is 3.45. The van der Waals surface area contributed by atoms with Crippen LogP contribution in [0.1, 0.15) is 20.7 Å². The Labute approximate surface area is 82.1 Å². The Balaban J connectivity index is 2.72. The molecule has 1 aromatic carbocycles. The summed E-state index contributed by atoms with van der Waals surface area (Å²) >= 11 is 0. The molecule has 0 unspecified atom stereocenters. The number of nitrogens with one attached hydrogen (secondary N) is 1. The minimum Gasteiger partial charge on any atom is -0.341 e. The van der Waals surface area contributed by atoms with Crippen LogP contribution in [0.3, 0.4) is 0 Å². The number of hydrogen-bond acceptors (Lipinski definition) is 2. The summed E-state index contributed by atoms with van der Waals surface area (Å²) in [6, 6.07) is 6.32. The number of terminal acetylenes is 1. The lowest BCUT2D eigenvalue weighted by atomic mass is 10.1. The lowest BCUT2D eigenvalue weighted by Crippen LogP contribution is -2.23. The molecule has 0 bridgehead atoms. The summed E-state index contributed by atoms with van der Waals surface area (Å²) in [4.78, 5) is 21.6. The van der Waals surface area contributed by atoms with Crippen LogP contribution in [0, 0.1) is 12.3 Å². The Hall–Kier alpha value is -2.08. The van der Waals surface area contributed by atoms with Crippen molar-refractivity contribution < 1.29 is 9.59 Å². The Morgan fingerprint density at radius 3 is 2.57 bits per heavy atom. The number of carbonyl (C=O) groups excluding carboxylic acids is 2. The predicted octanol–water partition coefficient (Wildman–Crippen LogP) is 0.862. The van der Waals surface area contributed by atoms with E-state index in [0.29, 0.717) is 11.1 Å². The molecule has 14 heavy (non-hydrogen) atoms. The Bertz CT molecular complexity index is 373. The van der Waals surface area contributed by atoms with Crippen LogP contribution < -0.4 is 5.32 Å². The van der Waals surface area contributed by atoms with Gasteiger partial charge in [-0.3, -0.25) is 9.59 Å². The van der Waals surface area contributed by atoms with E-state index in [1.54, 1.807) is 24.3 Å². The van der Waals surface area contributed by atoms with Crippen molar-refractivity contribution in [1.29, 1.82) is 0 Å². The van der Waals surface area contributed by atoms with Crippen molar-refractivity contribution in [3.63, 3.8) is 0 Å². The van der Waals surface area contributed by atoms with Gasteiger partial charge in [-0.2, -0.15) is 0 Å². The van der Waals surface area contributed by atoms with Crippen LogP contribution in [-0.4, -0.2) is 18.7 Å². The highest BCUT2D eigenvalue weighted by Crippen LogP contribution is 2.01. The Morgan fingerprint density at radius 1 is 1.43 bits per heavy atom. The van der Waals surface area contributed by atoms with E-state index in [9.17, 15) is 9.59 Å². The van der Waals surface area contributed by atoms with E-state index in [2.05, 4.69) is 11.2 Å². The molecular weight excluding hydrogens is 178 g/mol. The smallest absolute Gasteiger partial charge is 0.252 e. The van der Waals surface area contributed by atoms with Gasteiger partial charge in [0.15, 0.2) is 0 Å². The summed E-state index contributed by atoms with van der Waals surface area (Å²) in [5, 5.41) is 2.52. The quantitative estimate of drug-likeness (QED) is 0.563. The summed E-state index contributed by atoms with van der Waals surface area (Å²) in [7, 11) is 0. The number of hydrogen-bond donors (Lipinski definition) is 1. The van der Waals surface area contributed by atoms with E-state index in [0.717, 1.165) is 6.29 Å². The molecule has 0 aromatic heterocycles. The van der Waals surface area contributed by atoms with Crippen molar-refractivity contribution in [3.05, 3.63) is 35.4 Å². The summed E-state index contributed by atoms with van der Waals surface area (Å²) < 4.78 is 0. The number of amides is 1. The fraction of sp³-hybridized carbons (Fsp3) is 0.0909. The van der Waals surface area contributed by atoms with E-state index >= 15 is 0 Å². The first kappa shape index (κ1) is 10.0. The SMILES string of the molecule is C#CCNC(=O)c1ccc(C=O)cc1. The molecule has 70 valence electrons. The number of carbonyl (C=O) groups is 2. The largest absolute Gasteiger partial charge is 0.341 e. The van der Waals surface area contributed by atoms with Gasteiger partial charge < -0.3 is 5.32 Å². The number of rotatable bonds is 3. The van der Waals surface area contributed by atoms with Crippen LogP contribution in [0.4, 0.5) is 0 Å². The molecule has 0 aliphatic heterocycles. The molecule has 0 spiro atoms. The van der Waals surface area contributed by atoms with Gasteiger partial charge in [-0.25, -0.2) is 0 Å². The fourth-order valence-corrected chi connectivity index (χ4v) is 0.946. The third-order valence-corrected chi connectivity index (χ3v) is 1.66. The maximum atomic E-state index is 11.3. The van der Waals surface area contributed by atoms with Crippen LogP contribution >= 0.6 is 0 Å². The highest BCUT2D eigenvalue weighted by molar-refractivity contribution is 5.94. The van der Waals surface area contributed by atoms with E-state index < -0.39 is 0 Å². The van der Waals surface area contributed by atoms with Crippen molar-refractivity contribution >= 4 is 12.2 Å². The van der Waals surface area contributed by atoms with Gasteiger partial charge in [-0.05, 0) is 12.1 Å². The molecule has 0 heterocycles. The molecule has 1 N–H and O–H groups in total. The molecule has 1 rings (SSSR count). The van der Waals surface area contributed by atoms with Crippen LogP contribution in [0.15, 0.2) is 24.3 Å². The van der Waals surface area contributed by atoms with E-state index in [4.69, 9.17) is 6.42 Å². The third kappa shape index (κ3) is 2.46. The first-order valence-electron chi connectivity index (χ1n) is 4.05. The van der Waals surface area contributed by atoms with Crippen molar-refractivity contribution in [1.82, 2.24) is 5.32 Å². The molecule has 0 aliphatic carbocycles. The molecule has 1 aromatic rings. The highest BCUT2D eigenvalue weighted by atomic mass is 16.1. The molecular formula is C11H9NO2. The van der Waals surface area contributed by atoms with Crippen LogP contribution in [0.25, 0.3) is 0 Å². The van der Waals surface area contributed by atoms with E-state index in [1.165, 1.54) is 0 Å². The first-order chi connectivity index (χ1) is 6.77. The van der Waals surface area contributed by atoms with Gasteiger partial charge in [0, 0.05) is 11.1 Å². The van der Waals surface area contributed by atoms with Gasteiger partial charge in [0.1, 0.15) is 6.29 Å². The average Bonchev–Trinajstić information content (AvgIpc) is 2.26. The fourth-order valence-electron chi connectivity index (χ4n) is 0.946. The van der Waals surface area contributed by atoms with Gasteiger partial charge in [0.25, 0.3) is 5.91 Å². The molecule has 0 radical (unpaired) electrons. The van der Waals surface area contributed by atoms with Crippen molar-refractivity contribution in [2.45, 2.75) is 0 Å². The van der Waals surface area contributed by atoms with Gasteiger partial charge in [-0.1, -0.05) is 18.1 Å². The molecule has 3 nitrogen and oxygen atoms in total. The van der Waals surface area contributed by atoms with Crippen LogP contribution in [-0.2, 0) is 0 Å². The highest BCUT2D eigenvalue weighted by Gasteiger charge is 2.02. The van der Waals surface area contributed by atoms with Gasteiger partial charge in [0.05, 0.1) is 6.54 Å². The lowest BCUT2D eigenvalue weighted by Gasteiger charge is -2.00. The minimum atomic E-state index is -0.236. The predicted molar refractivity (Wildman–Crippen MR) is 53.0 cm³/mol. The minimum absolute atomic E-state index is 0.203. The maximum Gasteiger partial charge on any atom is 0.252 e. The first-order valence-corrected chi connectivity index (χ1v) is 4.05. The molecule has 0 saturated carbocycles. The van der Waals surface area contributed by atoms with Crippen molar-refractivity contribution in [3.8, 4) is 12.3 Å². The number of benzene rings is 1. The van der Waals surface area contributed by atoms with Crippen molar-refractivity contribution in [2.24, 2.45) is 0 Å².